The summed E-state index contributed by atoms with van der Waals surface area (Å²) in [5.41, 5.74) is 0.714. The lowest BCUT2D eigenvalue weighted by Gasteiger charge is -2.31. The fraction of sp³-hybridized carbons (Fsp3) is 0.583. The molecule has 0 spiro atoms. The van der Waals surface area contributed by atoms with Crippen molar-refractivity contribution in [3.63, 3.8) is 0 Å². The van der Waals surface area contributed by atoms with E-state index in [1.807, 2.05) is 30.9 Å². The Morgan fingerprint density at radius 3 is 2.10 bits per heavy atom. The summed E-state index contributed by atoms with van der Waals surface area (Å²) in [5.74, 6) is -4.70. The van der Waals surface area contributed by atoms with Crippen molar-refractivity contribution in [2.24, 2.45) is 18.4 Å². The molecule has 2 aromatic heterocycles. The minimum atomic E-state index is -5.08. The normalized spacial score (nSPS) is 20.7. The molecule has 4 rings (SSSR count). The molecule has 2 N–H and O–H groups in total. The number of esters is 1. The van der Waals surface area contributed by atoms with Crippen molar-refractivity contribution >= 4 is 23.9 Å². The average Bonchev–Trinajstić information content (AvgIpc) is 3.43. The third kappa shape index (κ3) is 9.56. The van der Waals surface area contributed by atoms with E-state index in [4.69, 9.17) is 24.5 Å². The molecule has 0 bridgehead atoms. The summed E-state index contributed by atoms with van der Waals surface area (Å²) in [6.45, 7) is 6.38. The van der Waals surface area contributed by atoms with Gasteiger partial charge in [0.05, 0.1) is 18.2 Å². The summed E-state index contributed by atoms with van der Waals surface area (Å²) >= 11 is 0. The van der Waals surface area contributed by atoms with Gasteiger partial charge >= 0.3 is 30.3 Å². The number of fused-ring (bicyclic) bond motifs is 1. The van der Waals surface area contributed by atoms with E-state index >= 15 is 0 Å². The molecule has 0 radical (unpaired) electrons. The Labute approximate surface area is 235 Å². The number of carbonyl (C=O) groups is 3. The van der Waals surface area contributed by atoms with Crippen LogP contribution in [0, 0.1) is 11.3 Å². The first-order chi connectivity index (χ1) is 19.5. The maximum atomic E-state index is 13.1. The van der Waals surface area contributed by atoms with Crippen LogP contribution < -0.4 is 4.90 Å². The zero-order valence-electron chi connectivity index (χ0n) is 22.6. The third-order valence-corrected chi connectivity index (χ3v) is 6.44. The number of carboxylic acids is 2. The number of alkyl halides is 6. The molecule has 0 aliphatic carbocycles. The summed E-state index contributed by atoms with van der Waals surface area (Å²) < 4.78 is 70.9. The molecule has 18 heteroatoms. The number of nitrogens with zero attached hydrogens (tertiary/aromatic N) is 6. The molecule has 12 nitrogen and oxygen atoms in total. The summed E-state index contributed by atoms with van der Waals surface area (Å²) in [6, 6.07) is 1.81. The maximum Gasteiger partial charge on any atom is 0.490 e. The summed E-state index contributed by atoms with van der Waals surface area (Å²) in [7, 11) is 1.94. The van der Waals surface area contributed by atoms with Crippen molar-refractivity contribution < 1.29 is 55.7 Å². The van der Waals surface area contributed by atoms with Crippen molar-refractivity contribution in [3.8, 4) is 0 Å². The lowest BCUT2D eigenvalue weighted by Crippen LogP contribution is -2.42. The Hall–Kier alpha value is -3.96. The molecule has 2 saturated heterocycles. The first-order valence-electron chi connectivity index (χ1n) is 12.5. The Morgan fingerprint density at radius 1 is 1.05 bits per heavy atom. The summed E-state index contributed by atoms with van der Waals surface area (Å²) in [6.07, 6.45) is -0.877. The number of hydrogen-bond donors (Lipinski definition) is 2. The minimum absolute atomic E-state index is 0.0679. The molecule has 42 heavy (non-hydrogen) atoms. The number of ether oxygens (including phenoxy) is 1. The molecule has 2 fully saturated rings. The molecular weight excluding hydrogens is 582 g/mol. The van der Waals surface area contributed by atoms with Gasteiger partial charge in [0, 0.05) is 63.3 Å². The third-order valence-electron chi connectivity index (χ3n) is 6.44. The molecule has 0 unspecified atom stereocenters. The Kier molecular flexibility index (Phi) is 11.6. The molecule has 4 heterocycles. The van der Waals surface area contributed by atoms with Gasteiger partial charge in [0.25, 0.3) is 0 Å². The fourth-order valence-corrected chi connectivity index (χ4v) is 4.68. The van der Waals surface area contributed by atoms with E-state index in [2.05, 4.69) is 31.1 Å². The van der Waals surface area contributed by atoms with Gasteiger partial charge in [-0.05, 0) is 32.4 Å². The second-order valence-electron chi connectivity index (χ2n) is 9.47. The smallest absolute Gasteiger partial charge is 0.475 e. The second kappa shape index (κ2) is 14.3. The number of aromatic nitrogens is 4. The molecule has 2 aromatic rings. The number of likely N-dealkylation sites (tertiary alicyclic amines) is 1. The quantitative estimate of drug-likeness (QED) is 0.379. The van der Waals surface area contributed by atoms with Crippen LogP contribution in [-0.4, -0.2) is 97.9 Å². The van der Waals surface area contributed by atoms with E-state index in [0.717, 1.165) is 39.0 Å². The highest BCUT2D eigenvalue weighted by Gasteiger charge is 2.54. The Morgan fingerprint density at radius 2 is 1.62 bits per heavy atom. The van der Waals surface area contributed by atoms with Gasteiger partial charge in [-0.1, -0.05) is 0 Å². The summed E-state index contributed by atoms with van der Waals surface area (Å²) in [4.78, 5) is 44.3. The summed E-state index contributed by atoms with van der Waals surface area (Å²) in [5, 5.41) is 18.5. The van der Waals surface area contributed by atoms with Crippen molar-refractivity contribution in [2.75, 3.05) is 37.7 Å². The number of carboxylic acid groups (broad SMARTS) is 2. The molecule has 2 atom stereocenters. The lowest BCUT2D eigenvalue weighted by atomic mass is 9.75. The molecular formula is C24H30F6N6O6. The van der Waals surface area contributed by atoms with Crippen molar-refractivity contribution in [1.82, 2.24) is 24.6 Å². The molecule has 2 aliphatic rings. The number of carbonyl (C=O) groups excluding carboxylic acids is 1. The van der Waals surface area contributed by atoms with Gasteiger partial charge in [0.15, 0.2) is 0 Å². The molecule has 2 aliphatic heterocycles. The van der Waals surface area contributed by atoms with Crippen molar-refractivity contribution in [3.05, 3.63) is 36.4 Å². The lowest BCUT2D eigenvalue weighted by molar-refractivity contribution is -0.193. The SMILES string of the molecule is CCOC(=O)[C@]12CCCN(Cc3cnn(C)c3)C[C@H]1CN(c1ncccn1)C2.O=C(O)C(F)(F)F.O=C(O)C(F)(F)F. The highest BCUT2D eigenvalue weighted by molar-refractivity contribution is 5.79. The van der Waals surface area contributed by atoms with E-state index in [1.165, 1.54) is 5.56 Å². The van der Waals surface area contributed by atoms with Crippen LogP contribution in [-0.2, 0) is 32.7 Å². The zero-order valence-corrected chi connectivity index (χ0v) is 22.6. The first-order valence-corrected chi connectivity index (χ1v) is 12.5. The van der Waals surface area contributed by atoms with Gasteiger partial charge in [-0.15, -0.1) is 0 Å². The van der Waals surface area contributed by atoms with Gasteiger partial charge in [-0.25, -0.2) is 19.6 Å². The molecule has 0 saturated carbocycles. The van der Waals surface area contributed by atoms with Crippen molar-refractivity contribution in [2.45, 2.75) is 38.7 Å². The van der Waals surface area contributed by atoms with Crippen LogP contribution in [0.4, 0.5) is 32.3 Å². The minimum Gasteiger partial charge on any atom is -0.475 e. The second-order valence-corrected chi connectivity index (χ2v) is 9.47. The number of hydrogen-bond acceptors (Lipinski definition) is 9. The van der Waals surface area contributed by atoms with E-state index in [0.29, 0.717) is 19.1 Å². The molecule has 234 valence electrons. The van der Waals surface area contributed by atoms with Gasteiger partial charge in [0.1, 0.15) is 0 Å². The van der Waals surface area contributed by atoms with E-state index in [9.17, 15) is 31.1 Å². The van der Waals surface area contributed by atoms with Gasteiger partial charge in [-0.2, -0.15) is 31.4 Å². The van der Waals surface area contributed by atoms with Crippen LogP contribution in [0.5, 0.6) is 0 Å². The van der Waals surface area contributed by atoms with Crippen LogP contribution >= 0.6 is 0 Å². The largest absolute Gasteiger partial charge is 0.490 e. The van der Waals surface area contributed by atoms with E-state index < -0.39 is 29.7 Å². The average molecular weight is 613 g/mol. The van der Waals surface area contributed by atoms with Crippen molar-refractivity contribution in [1.29, 1.82) is 0 Å². The van der Waals surface area contributed by atoms with Gasteiger partial charge < -0.3 is 19.8 Å². The first kappa shape index (κ1) is 34.2. The van der Waals surface area contributed by atoms with Crippen LogP contribution in [0.1, 0.15) is 25.3 Å². The topological polar surface area (TPSA) is 151 Å². The standard InChI is InChI=1S/C20H28N6O2.2C2HF3O2/c1-3-28-18(27)20-6-4-9-25(12-16-10-23-24(2)11-16)13-17(20)14-26(15-20)19-21-7-5-8-22-19;2*3-2(4,5)1(6)7/h5,7-8,10-11,17H,3-4,6,9,12-15H2,1-2H3;2*(H,6,7)/t17-,20-;;/m0../s1. The van der Waals surface area contributed by atoms with Crippen LogP contribution in [0.15, 0.2) is 30.9 Å². The van der Waals surface area contributed by atoms with Crippen LogP contribution in [0.25, 0.3) is 0 Å². The van der Waals surface area contributed by atoms with Crippen LogP contribution in [0.3, 0.4) is 0 Å². The predicted molar refractivity (Wildman–Crippen MR) is 132 cm³/mol. The van der Waals surface area contributed by atoms with Gasteiger partial charge in [0.2, 0.25) is 5.95 Å². The predicted octanol–water partition coefficient (Wildman–Crippen LogP) is 2.76. The maximum absolute atomic E-state index is 13.1. The van der Waals surface area contributed by atoms with Crippen LogP contribution in [0.2, 0.25) is 0 Å². The Bertz CT molecular complexity index is 1170. The number of rotatable bonds is 5. The van der Waals surface area contributed by atoms with E-state index in [1.54, 1.807) is 12.4 Å². The van der Waals surface area contributed by atoms with Gasteiger partial charge in [-0.3, -0.25) is 14.4 Å². The Balaban J connectivity index is 0.000000367. The number of aliphatic carboxylic acids is 2. The number of aryl methyl sites for hydroxylation is 1. The number of anilines is 1. The zero-order chi connectivity index (χ0) is 31.7. The molecule has 0 aromatic carbocycles. The highest BCUT2D eigenvalue weighted by atomic mass is 19.4. The monoisotopic (exact) mass is 612 g/mol. The number of halogens is 6. The molecule has 0 amide bonds. The van der Waals surface area contributed by atoms with E-state index in [-0.39, 0.29) is 11.9 Å². The highest BCUT2D eigenvalue weighted by Crippen LogP contribution is 2.44. The fourth-order valence-electron chi connectivity index (χ4n) is 4.68.